The molecule has 108 valence electrons. The summed E-state index contributed by atoms with van der Waals surface area (Å²) in [5.74, 6) is 0.275. The third-order valence-electron chi connectivity index (χ3n) is 2.45. The van der Waals surface area contributed by atoms with Gasteiger partial charge < -0.3 is 10.8 Å². The summed E-state index contributed by atoms with van der Waals surface area (Å²) in [4.78, 5) is 27.2. The van der Waals surface area contributed by atoms with E-state index in [0.29, 0.717) is 23.5 Å². The van der Waals surface area contributed by atoms with Gasteiger partial charge in [-0.3, -0.25) is 14.6 Å². The molecule has 0 aliphatic rings. The fourth-order valence-corrected chi connectivity index (χ4v) is 2.47. The molecular weight excluding hydrogens is 276 g/mol. The number of hydrogen-bond donors (Lipinski definition) is 2. The zero-order valence-corrected chi connectivity index (χ0v) is 12.4. The number of aliphatic carboxylic acids is 1. The van der Waals surface area contributed by atoms with Crippen LogP contribution in [0.1, 0.15) is 29.8 Å². The summed E-state index contributed by atoms with van der Waals surface area (Å²) in [5, 5.41) is 8.84. The Morgan fingerprint density at radius 2 is 2.00 bits per heavy atom. The smallest absolute Gasteiger partial charge is 0.307 e. The first kappa shape index (κ1) is 16.2. The van der Waals surface area contributed by atoms with Gasteiger partial charge in [0.2, 0.25) is 0 Å². The molecule has 0 aromatic heterocycles. The van der Waals surface area contributed by atoms with Crippen molar-refractivity contribution in [3.8, 4) is 0 Å². The fourth-order valence-electron chi connectivity index (χ4n) is 1.61. The van der Waals surface area contributed by atoms with Crippen molar-refractivity contribution in [3.05, 3.63) is 29.3 Å². The minimum absolute atomic E-state index is 0.0742. The Bertz CT molecular complexity index is 537. The predicted octanol–water partition coefficient (Wildman–Crippen LogP) is 1.99. The fraction of sp³-hybridized carbons (Fsp3) is 0.357. The average Bonchev–Trinajstić information content (AvgIpc) is 2.33. The largest absolute Gasteiger partial charge is 0.481 e. The normalized spacial score (nSPS) is 11.4. The second-order valence-electron chi connectivity index (χ2n) is 4.36. The van der Waals surface area contributed by atoms with E-state index in [9.17, 15) is 9.59 Å². The minimum Gasteiger partial charge on any atom is -0.481 e. The van der Waals surface area contributed by atoms with Crippen molar-refractivity contribution in [1.29, 1.82) is 0 Å². The maximum atomic E-state index is 11.5. The van der Waals surface area contributed by atoms with Gasteiger partial charge in [-0.1, -0.05) is 0 Å². The highest BCUT2D eigenvalue weighted by Crippen LogP contribution is 2.22. The Morgan fingerprint density at radius 1 is 1.30 bits per heavy atom. The van der Waals surface area contributed by atoms with E-state index in [1.165, 1.54) is 18.7 Å². The minimum atomic E-state index is -0.912. The van der Waals surface area contributed by atoms with E-state index < -0.39 is 5.97 Å². The number of amidine groups is 1. The van der Waals surface area contributed by atoms with Crippen molar-refractivity contribution < 1.29 is 14.7 Å². The molecule has 3 N–H and O–H groups in total. The first-order valence-corrected chi connectivity index (χ1v) is 7.13. The van der Waals surface area contributed by atoms with Gasteiger partial charge in [-0.25, -0.2) is 0 Å². The monoisotopic (exact) mass is 294 g/mol. The molecule has 20 heavy (non-hydrogen) atoms. The van der Waals surface area contributed by atoms with Gasteiger partial charge in [0, 0.05) is 16.2 Å². The van der Waals surface area contributed by atoms with Crippen molar-refractivity contribution in [2.24, 2.45) is 10.7 Å². The van der Waals surface area contributed by atoms with E-state index in [1.807, 2.05) is 0 Å². The Labute approximate surface area is 122 Å². The molecule has 0 aliphatic heterocycles. The number of thioether (sulfide) groups is 1. The van der Waals surface area contributed by atoms with E-state index in [4.69, 9.17) is 10.8 Å². The van der Waals surface area contributed by atoms with Gasteiger partial charge in [0.1, 0.15) is 0 Å². The molecule has 0 spiro atoms. The Kier molecular flexibility index (Phi) is 6.24. The van der Waals surface area contributed by atoms with Crippen LogP contribution in [0, 0.1) is 0 Å². The number of nitrogens with zero attached hydrogens (tertiary/aromatic N) is 1. The summed E-state index contributed by atoms with van der Waals surface area (Å²) in [7, 11) is 0. The molecule has 0 radical (unpaired) electrons. The van der Waals surface area contributed by atoms with Crippen LogP contribution in [0.25, 0.3) is 0 Å². The van der Waals surface area contributed by atoms with Crippen molar-refractivity contribution in [2.45, 2.75) is 25.2 Å². The first-order chi connectivity index (χ1) is 9.38. The second-order valence-corrected chi connectivity index (χ2v) is 5.53. The number of carbonyl (C=O) groups is 2. The summed E-state index contributed by atoms with van der Waals surface area (Å²) in [6.45, 7) is 3.79. The quantitative estimate of drug-likeness (QED) is 0.264. The topological polar surface area (TPSA) is 92.8 Å². The van der Waals surface area contributed by atoms with Crippen LogP contribution < -0.4 is 5.73 Å². The Morgan fingerprint density at radius 3 is 2.55 bits per heavy atom. The SMILES string of the molecule is CC(=O)c1cc(CC(=O)O)cc(SCCN=C(C)N)c1. The summed E-state index contributed by atoms with van der Waals surface area (Å²) in [6, 6.07) is 5.20. The van der Waals surface area contributed by atoms with Gasteiger partial charge in [-0.2, -0.15) is 0 Å². The maximum absolute atomic E-state index is 11.5. The van der Waals surface area contributed by atoms with Crippen LogP contribution in [0.5, 0.6) is 0 Å². The number of carboxylic acids is 1. The van der Waals surface area contributed by atoms with Crippen LogP contribution >= 0.6 is 11.8 Å². The van der Waals surface area contributed by atoms with Crippen LogP contribution in [0.15, 0.2) is 28.1 Å². The van der Waals surface area contributed by atoms with Gasteiger partial charge in [-0.05, 0) is 37.6 Å². The third kappa shape index (κ3) is 5.88. The number of aliphatic imine (C=N–C) groups is 1. The van der Waals surface area contributed by atoms with E-state index in [2.05, 4.69) is 4.99 Å². The molecule has 1 rings (SSSR count). The average molecular weight is 294 g/mol. The number of ketones is 1. The molecular formula is C14H18N2O3S. The van der Waals surface area contributed by atoms with Crippen molar-refractivity contribution >= 4 is 29.4 Å². The molecule has 6 heteroatoms. The molecule has 0 saturated heterocycles. The summed E-state index contributed by atoms with van der Waals surface area (Å²) >= 11 is 1.53. The lowest BCUT2D eigenvalue weighted by molar-refractivity contribution is -0.136. The van der Waals surface area contributed by atoms with E-state index in [-0.39, 0.29) is 12.2 Å². The number of hydrogen-bond acceptors (Lipinski definition) is 4. The summed E-state index contributed by atoms with van der Waals surface area (Å²) in [6.07, 6.45) is -0.0886. The zero-order valence-electron chi connectivity index (χ0n) is 11.5. The Balaban J connectivity index is 2.83. The number of benzene rings is 1. The van der Waals surface area contributed by atoms with Gasteiger partial charge in [0.05, 0.1) is 18.8 Å². The molecule has 5 nitrogen and oxygen atoms in total. The number of carboxylic acid groups (broad SMARTS) is 1. The van der Waals surface area contributed by atoms with Gasteiger partial charge in [0.25, 0.3) is 0 Å². The van der Waals surface area contributed by atoms with Crippen LogP contribution in [-0.2, 0) is 11.2 Å². The lowest BCUT2D eigenvalue weighted by Gasteiger charge is -2.06. The number of Topliss-reactive ketones (excluding diaryl/α,β-unsaturated/α-hetero) is 1. The zero-order chi connectivity index (χ0) is 15.1. The van der Waals surface area contributed by atoms with Gasteiger partial charge in [0.15, 0.2) is 5.78 Å². The second kappa shape index (κ2) is 7.69. The standard InChI is InChI=1S/C14H18N2O3S/c1-9(17)12-5-11(7-14(18)19)6-13(8-12)20-4-3-16-10(2)15/h5-6,8H,3-4,7H2,1-2H3,(H2,15,16)(H,18,19). The molecule has 1 aromatic rings. The molecule has 0 unspecified atom stereocenters. The van der Waals surface area contributed by atoms with Crippen LogP contribution in [0.3, 0.4) is 0 Å². The highest BCUT2D eigenvalue weighted by molar-refractivity contribution is 7.99. The molecule has 0 amide bonds. The first-order valence-electron chi connectivity index (χ1n) is 6.14. The van der Waals surface area contributed by atoms with Gasteiger partial charge in [-0.15, -0.1) is 11.8 Å². The van der Waals surface area contributed by atoms with Crippen LogP contribution in [-0.4, -0.2) is 35.0 Å². The number of rotatable bonds is 7. The lowest BCUT2D eigenvalue weighted by atomic mass is 10.1. The summed E-state index contributed by atoms with van der Waals surface area (Å²) in [5.41, 5.74) is 6.61. The molecule has 0 bridgehead atoms. The van der Waals surface area contributed by atoms with E-state index >= 15 is 0 Å². The molecule has 0 fully saturated rings. The molecule has 0 saturated carbocycles. The van der Waals surface area contributed by atoms with Crippen LogP contribution in [0.4, 0.5) is 0 Å². The molecule has 1 aromatic carbocycles. The number of carbonyl (C=O) groups excluding carboxylic acids is 1. The van der Waals surface area contributed by atoms with E-state index in [0.717, 1.165) is 10.6 Å². The van der Waals surface area contributed by atoms with Crippen molar-refractivity contribution in [1.82, 2.24) is 0 Å². The third-order valence-corrected chi connectivity index (χ3v) is 3.41. The van der Waals surface area contributed by atoms with E-state index in [1.54, 1.807) is 25.1 Å². The van der Waals surface area contributed by atoms with Crippen molar-refractivity contribution in [2.75, 3.05) is 12.3 Å². The van der Waals surface area contributed by atoms with Crippen LogP contribution in [0.2, 0.25) is 0 Å². The predicted molar refractivity (Wildman–Crippen MR) is 80.7 cm³/mol. The Hall–Kier alpha value is -1.82. The summed E-state index contributed by atoms with van der Waals surface area (Å²) < 4.78 is 0. The highest BCUT2D eigenvalue weighted by Gasteiger charge is 2.08. The molecule has 0 heterocycles. The maximum Gasteiger partial charge on any atom is 0.307 e. The number of nitrogens with two attached hydrogens (primary N) is 1. The molecule has 0 atom stereocenters. The molecule has 0 aliphatic carbocycles. The van der Waals surface area contributed by atoms with Crippen molar-refractivity contribution in [3.63, 3.8) is 0 Å². The highest BCUT2D eigenvalue weighted by atomic mass is 32.2. The lowest BCUT2D eigenvalue weighted by Crippen LogP contribution is -2.06. The van der Waals surface area contributed by atoms with Gasteiger partial charge >= 0.3 is 5.97 Å².